The number of carbonyl (C=O) groups is 1. The van der Waals surface area contributed by atoms with Crippen LogP contribution >= 0.6 is 0 Å². The van der Waals surface area contributed by atoms with Gasteiger partial charge in [0.15, 0.2) is 0 Å². The van der Waals surface area contributed by atoms with Crippen molar-refractivity contribution >= 4 is 11.7 Å². The van der Waals surface area contributed by atoms with E-state index in [-0.39, 0.29) is 40.6 Å². The number of fused-ring (bicyclic) bond motifs is 1. The predicted molar refractivity (Wildman–Crippen MR) is 108 cm³/mol. The molecule has 1 aromatic carbocycles. The fraction of sp³-hybridized carbons (Fsp3) is 0.381. The summed E-state index contributed by atoms with van der Waals surface area (Å²) in [7, 11) is 0. The molecule has 5 rings (SSSR count). The number of amides is 1. The van der Waals surface area contributed by atoms with Crippen molar-refractivity contribution in [2.24, 2.45) is 5.92 Å². The van der Waals surface area contributed by atoms with Gasteiger partial charge in [-0.05, 0) is 25.5 Å². The van der Waals surface area contributed by atoms with Gasteiger partial charge < -0.3 is 9.80 Å². The Morgan fingerprint density at radius 3 is 2.58 bits per heavy atom. The lowest BCUT2D eigenvalue weighted by Crippen LogP contribution is -2.65. The van der Waals surface area contributed by atoms with E-state index in [1.165, 1.54) is 48.4 Å². The molecule has 0 bridgehead atoms. The van der Waals surface area contributed by atoms with Gasteiger partial charge in [-0.3, -0.25) is 4.79 Å². The van der Waals surface area contributed by atoms with E-state index < -0.39 is 17.8 Å². The number of hydrogen-bond acceptors (Lipinski definition) is 6. The molecule has 0 aliphatic carbocycles. The van der Waals surface area contributed by atoms with Gasteiger partial charge in [-0.1, -0.05) is 0 Å². The first-order valence-electron chi connectivity index (χ1n) is 10.4. The van der Waals surface area contributed by atoms with E-state index in [4.69, 9.17) is 0 Å². The molecule has 12 heteroatoms. The van der Waals surface area contributed by atoms with Gasteiger partial charge in [-0.15, -0.1) is 0 Å². The zero-order chi connectivity index (χ0) is 23.3. The third-order valence-corrected chi connectivity index (χ3v) is 6.05. The monoisotopic (exact) mass is 461 g/mol. The number of aromatic nitrogens is 5. The Morgan fingerprint density at radius 2 is 1.85 bits per heavy atom. The van der Waals surface area contributed by atoms with Crippen molar-refractivity contribution in [3.05, 3.63) is 59.6 Å². The van der Waals surface area contributed by atoms with Gasteiger partial charge in [0.25, 0.3) is 5.91 Å². The molecule has 0 radical (unpaired) electrons. The summed E-state index contributed by atoms with van der Waals surface area (Å²) in [6.07, 6.45) is -1.08. The SMILES string of the molecule is Cc1cc(N2CC3CCN(C(=O)c4ccc(F)cc4-n4nccn4)CC32)nc(C(F)(F)F)n1. The quantitative estimate of drug-likeness (QED) is 0.558. The zero-order valence-corrected chi connectivity index (χ0v) is 17.5. The van der Waals surface area contributed by atoms with Crippen LogP contribution in [0.25, 0.3) is 5.69 Å². The fourth-order valence-electron chi connectivity index (χ4n) is 4.43. The van der Waals surface area contributed by atoms with Crippen LogP contribution in [-0.4, -0.2) is 61.4 Å². The fourth-order valence-corrected chi connectivity index (χ4v) is 4.43. The molecule has 2 aliphatic heterocycles. The summed E-state index contributed by atoms with van der Waals surface area (Å²) in [5.41, 5.74) is 0.690. The van der Waals surface area contributed by atoms with Crippen molar-refractivity contribution in [1.29, 1.82) is 0 Å². The van der Waals surface area contributed by atoms with E-state index in [0.717, 1.165) is 0 Å². The Kier molecular flexibility index (Phi) is 5.02. The molecule has 3 aromatic rings. The van der Waals surface area contributed by atoms with Crippen LogP contribution in [0.15, 0.2) is 36.7 Å². The molecular weight excluding hydrogens is 442 g/mol. The average Bonchev–Trinajstić information content (AvgIpc) is 3.28. The number of benzene rings is 1. The standard InChI is InChI=1S/C21H19F4N7O/c1-12-8-18(29-20(28-12)21(23,24)25)31-10-13-4-7-30(11-17(13)31)19(33)15-3-2-14(22)9-16(15)32-26-5-6-27-32/h2-3,5-6,8-9,13,17H,4,7,10-11H2,1H3. The van der Waals surface area contributed by atoms with Crippen LogP contribution in [-0.2, 0) is 6.18 Å². The summed E-state index contributed by atoms with van der Waals surface area (Å²) in [5, 5.41) is 7.99. The highest BCUT2D eigenvalue weighted by molar-refractivity contribution is 5.97. The summed E-state index contributed by atoms with van der Waals surface area (Å²) >= 11 is 0. The van der Waals surface area contributed by atoms with Gasteiger partial charge >= 0.3 is 6.18 Å². The van der Waals surface area contributed by atoms with Crippen LogP contribution in [0.4, 0.5) is 23.4 Å². The number of hydrogen-bond donors (Lipinski definition) is 0. The van der Waals surface area contributed by atoms with E-state index in [1.807, 2.05) is 0 Å². The van der Waals surface area contributed by atoms with Crippen LogP contribution in [0.5, 0.6) is 0 Å². The highest BCUT2D eigenvalue weighted by Crippen LogP contribution is 2.37. The summed E-state index contributed by atoms with van der Waals surface area (Å²) in [4.78, 5) is 25.2. The van der Waals surface area contributed by atoms with Crippen LogP contribution in [0.2, 0.25) is 0 Å². The first-order chi connectivity index (χ1) is 15.7. The molecule has 2 atom stereocenters. The summed E-state index contributed by atoms with van der Waals surface area (Å²) < 4.78 is 53.4. The van der Waals surface area contributed by atoms with Crippen LogP contribution in [0.3, 0.4) is 0 Å². The predicted octanol–water partition coefficient (Wildman–Crippen LogP) is 2.87. The number of aryl methyl sites for hydroxylation is 1. The van der Waals surface area contributed by atoms with Crippen molar-refractivity contribution in [1.82, 2.24) is 29.9 Å². The summed E-state index contributed by atoms with van der Waals surface area (Å²) in [5.74, 6) is -1.56. The molecule has 2 fully saturated rings. The number of piperidine rings is 1. The lowest BCUT2D eigenvalue weighted by molar-refractivity contribution is -0.145. The summed E-state index contributed by atoms with van der Waals surface area (Å²) in [6, 6.07) is 5.14. The molecule has 0 spiro atoms. The van der Waals surface area contributed by atoms with Crippen LogP contribution in [0.1, 0.15) is 28.3 Å². The maximum absolute atomic E-state index is 13.9. The van der Waals surface area contributed by atoms with Gasteiger partial charge in [-0.25, -0.2) is 14.4 Å². The van der Waals surface area contributed by atoms with E-state index in [2.05, 4.69) is 20.2 Å². The second kappa shape index (κ2) is 7.78. The minimum Gasteiger partial charge on any atom is -0.351 e. The number of nitrogens with zero attached hydrogens (tertiary/aromatic N) is 7. The van der Waals surface area contributed by atoms with Crippen molar-refractivity contribution < 1.29 is 22.4 Å². The molecule has 2 aliphatic rings. The Bertz CT molecular complexity index is 1200. The first-order valence-corrected chi connectivity index (χ1v) is 10.4. The topological polar surface area (TPSA) is 80.0 Å². The number of rotatable bonds is 3. The molecule has 0 saturated carbocycles. The van der Waals surface area contributed by atoms with Gasteiger partial charge in [-0.2, -0.15) is 28.2 Å². The van der Waals surface area contributed by atoms with Gasteiger partial charge in [0.2, 0.25) is 5.82 Å². The van der Waals surface area contributed by atoms with Crippen LogP contribution < -0.4 is 4.90 Å². The molecular formula is C21H19F4N7O. The molecule has 2 aromatic heterocycles. The molecule has 33 heavy (non-hydrogen) atoms. The number of carbonyl (C=O) groups excluding carboxylic acids is 1. The second-order valence-electron chi connectivity index (χ2n) is 8.19. The van der Waals surface area contributed by atoms with E-state index in [1.54, 1.807) is 9.80 Å². The molecule has 8 nitrogen and oxygen atoms in total. The largest absolute Gasteiger partial charge is 0.451 e. The second-order valence-corrected chi connectivity index (χ2v) is 8.19. The third-order valence-electron chi connectivity index (χ3n) is 6.05. The highest BCUT2D eigenvalue weighted by Gasteiger charge is 2.45. The molecule has 2 unspecified atom stereocenters. The normalized spacial score (nSPS) is 20.4. The molecule has 172 valence electrons. The van der Waals surface area contributed by atoms with Gasteiger partial charge in [0.1, 0.15) is 17.3 Å². The van der Waals surface area contributed by atoms with Crippen LogP contribution in [0, 0.1) is 18.7 Å². The molecule has 2 saturated heterocycles. The van der Waals surface area contributed by atoms with Gasteiger partial charge in [0, 0.05) is 43.4 Å². The molecule has 1 amide bonds. The molecule has 4 heterocycles. The van der Waals surface area contributed by atoms with Crippen molar-refractivity contribution in [2.75, 3.05) is 24.5 Å². The zero-order valence-electron chi connectivity index (χ0n) is 17.5. The Labute approximate surface area is 185 Å². The Hall–Kier alpha value is -3.57. The van der Waals surface area contributed by atoms with Crippen molar-refractivity contribution in [3.8, 4) is 5.69 Å². The third kappa shape index (κ3) is 3.89. The maximum Gasteiger partial charge on any atom is 0.451 e. The maximum atomic E-state index is 13.9. The number of likely N-dealkylation sites (tertiary alicyclic amines) is 1. The minimum atomic E-state index is -4.64. The lowest BCUT2D eigenvalue weighted by atomic mass is 9.82. The number of anilines is 1. The molecule has 0 N–H and O–H groups in total. The van der Waals surface area contributed by atoms with E-state index >= 15 is 0 Å². The van der Waals surface area contributed by atoms with E-state index in [9.17, 15) is 22.4 Å². The first kappa shape index (κ1) is 21.3. The summed E-state index contributed by atoms with van der Waals surface area (Å²) in [6.45, 7) is 2.87. The average molecular weight is 461 g/mol. The number of alkyl halides is 3. The number of halogens is 4. The Morgan fingerprint density at radius 1 is 1.09 bits per heavy atom. The minimum absolute atomic E-state index is 0.162. The van der Waals surface area contributed by atoms with Gasteiger partial charge in [0.05, 0.1) is 24.0 Å². The lowest BCUT2D eigenvalue weighted by Gasteiger charge is -2.54. The van der Waals surface area contributed by atoms with E-state index in [0.29, 0.717) is 26.1 Å². The highest BCUT2D eigenvalue weighted by atomic mass is 19.4. The Balaban J connectivity index is 1.39. The smallest absolute Gasteiger partial charge is 0.351 e. The van der Waals surface area contributed by atoms with Crippen molar-refractivity contribution in [2.45, 2.75) is 25.6 Å². The van der Waals surface area contributed by atoms with Crippen molar-refractivity contribution in [3.63, 3.8) is 0 Å².